The normalized spacial score (nSPS) is 12.8. The van der Waals surface area contributed by atoms with Crippen molar-refractivity contribution in [3.8, 4) is 5.75 Å². The molecule has 0 heterocycles. The standard InChI is InChI=1S/C18H23NO4S2/c1-4-23-17-10-5-13(2)11-18(17)25(21,22)19-12-16(20)14-6-8-15(24-3)9-7-14/h5-11,16,19-20H,4,12H2,1-3H3/t16-/m1/s1. The van der Waals surface area contributed by atoms with Gasteiger partial charge in [-0.1, -0.05) is 18.2 Å². The number of hydrogen-bond donors (Lipinski definition) is 2. The van der Waals surface area contributed by atoms with Crippen molar-refractivity contribution in [1.82, 2.24) is 4.72 Å². The summed E-state index contributed by atoms with van der Waals surface area (Å²) in [4.78, 5) is 1.16. The topological polar surface area (TPSA) is 75.6 Å². The summed E-state index contributed by atoms with van der Waals surface area (Å²) >= 11 is 1.60. The average Bonchev–Trinajstić information content (AvgIpc) is 2.61. The van der Waals surface area contributed by atoms with E-state index in [2.05, 4.69) is 4.72 Å². The van der Waals surface area contributed by atoms with E-state index >= 15 is 0 Å². The van der Waals surface area contributed by atoms with E-state index in [1.54, 1.807) is 49.0 Å². The van der Waals surface area contributed by atoms with Gasteiger partial charge in [0.15, 0.2) is 0 Å². The van der Waals surface area contributed by atoms with Crippen LogP contribution in [0.3, 0.4) is 0 Å². The van der Waals surface area contributed by atoms with Crippen molar-refractivity contribution in [2.75, 3.05) is 19.4 Å². The van der Waals surface area contributed by atoms with Gasteiger partial charge in [-0.05, 0) is 55.5 Å². The summed E-state index contributed by atoms with van der Waals surface area (Å²) in [5, 5.41) is 10.3. The molecule has 2 rings (SSSR count). The first-order chi connectivity index (χ1) is 11.9. The number of thioether (sulfide) groups is 1. The monoisotopic (exact) mass is 381 g/mol. The first-order valence-electron chi connectivity index (χ1n) is 7.92. The molecule has 0 spiro atoms. The molecule has 2 aromatic carbocycles. The summed E-state index contributed by atoms with van der Waals surface area (Å²) in [5.74, 6) is 0.305. The highest BCUT2D eigenvalue weighted by Crippen LogP contribution is 2.25. The van der Waals surface area contributed by atoms with Crippen molar-refractivity contribution in [3.63, 3.8) is 0 Å². The summed E-state index contributed by atoms with van der Waals surface area (Å²) in [7, 11) is -3.79. The molecular formula is C18H23NO4S2. The molecule has 0 saturated heterocycles. The molecule has 0 aliphatic heterocycles. The average molecular weight is 382 g/mol. The smallest absolute Gasteiger partial charge is 0.244 e. The van der Waals surface area contributed by atoms with Gasteiger partial charge in [0, 0.05) is 11.4 Å². The van der Waals surface area contributed by atoms with Gasteiger partial charge >= 0.3 is 0 Å². The van der Waals surface area contributed by atoms with E-state index in [0.29, 0.717) is 17.9 Å². The zero-order valence-corrected chi connectivity index (χ0v) is 16.2. The highest BCUT2D eigenvalue weighted by atomic mass is 32.2. The second kappa shape index (κ2) is 8.71. The second-order valence-electron chi connectivity index (χ2n) is 5.52. The van der Waals surface area contributed by atoms with Crippen LogP contribution in [0.5, 0.6) is 5.75 Å². The minimum Gasteiger partial charge on any atom is -0.492 e. The minimum atomic E-state index is -3.79. The molecule has 0 aliphatic carbocycles. The van der Waals surface area contributed by atoms with Gasteiger partial charge in [-0.2, -0.15) is 0 Å². The largest absolute Gasteiger partial charge is 0.492 e. The van der Waals surface area contributed by atoms with Crippen LogP contribution in [0.1, 0.15) is 24.2 Å². The fraction of sp³-hybridized carbons (Fsp3) is 0.333. The SMILES string of the molecule is CCOc1ccc(C)cc1S(=O)(=O)NC[C@@H](O)c1ccc(SC)cc1. The van der Waals surface area contributed by atoms with Crippen LogP contribution in [0.2, 0.25) is 0 Å². The summed E-state index contributed by atoms with van der Waals surface area (Å²) in [6, 6.07) is 12.4. The molecule has 5 nitrogen and oxygen atoms in total. The summed E-state index contributed by atoms with van der Waals surface area (Å²) < 4.78 is 33.1. The third-order valence-electron chi connectivity index (χ3n) is 3.66. The van der Waals surface area contributed by atoms with Gasteiger partial charge in [-0.15, -0.1) is 11.8 Å². The quantitative estimate of drug-likeness (QED) is 0.687. The number of sulfonamides is 1. The Morgan fingerprint density at radius 3 is 2.48 bits per heavy atom. The number of hydrogen-bond acceptors (Lipinski definition) is 5. The Hall–Kier alpha value is -1.54. The maximum Gasteiger partial charge on any atom is 0.244 e. The summed E-state index contributed by atoms with van der Waals surface area (Å²) in [6.07, 6.45) is 1.04. The zero-order valence-electron chi connectivity index (χ0n) is 14.5. The zero-order chi connectivity index (χ0) is 18.4. The first kappa shape index (κ1) is 19.8. The molecule has 2 N–H and O–H groups in total. The van der Waals surface area contributed by atoms with Crippen molar-refractivity contribution in [1.29, 1.82) is 0 Å². The van der Waals surface area contributed by atoms with Crippen molar-refractivity contribution in [2.45, 2.75) is 29.7 Å². The molecule has 0 radical (unpaired) electrons. The third kappa shape index (κ3) is 5.22. The number of aryl methyl sites for hydroxylation is 1. The maximum atomic E-state index is 12.6. The number of nitrogens with one attached hydrogen (secondary N) is 1. The van der Waals surface area contributed by atoms with Crippen LogP contribution in [-0.4, -0.2) is 32.9 Å². The van der Waals surface area contributed by atoms with E-state index in [4.69, 9.17) is 4.74 Å². The van der Waals surface area contributed by atoms with Gasteiger partial charge < -0.3 is 9.84 Å². The van der Waals surface area contributed by atoms with Crippen LogP contribution in [0, 0.1) is 6.92 Å². The molecule has 1 atom stereocenters. The number of rotatable bonds is 8. The highest BCUT2D eigenvalue weighted by molar-refractivity contribution is 7.98. The molecular weight excluding hydrogens is 358 g/mol. The lowest BCUT2D eigenvalue weighted by Gasteiger charge is -2.15. The Morgan fingerprint density at radius 1 is 1.20 bits per heavy atom. The third-order valence-corrected chi connectivity index (χ3v) is 5.84. The van der Waals surface area contributed by atoms with E-state index in [9.17, 15) is 13.5 Å². The Kier molecular flexibility index (Phi) is 6.89. The molecule has 0 amide bonds. The van der Waals surface area contributed by atoms with Crippen molar-refractivity contribution >= 4 is 21.8 Å². The van der Waals surface area contributed by atoms with Gasteiger partial charge in [0.2, 0.25) is 10.0 Å². The van der Waals surface area contributed by atoms with Gasteiger partial charge in [0.25, 0.3) is 0 Å². The fourth-order valence-corrected chi connectivity index (χ4v) is 3.98. The molecule has 0 fully saturated rings. The molecule has 136 valence electrons. The molecule has 25 heavy (non-hydrogen) atoms. The Labute approximate surface area is 153 Å². The minimum absolute atomic E-state index is 0.0827. The molecule has 0 saturated carbocycles. The Bertz CT molecular complexity index is 804. The van der Waals surface area contributed by atoms with Gasteiger partial charge in [0.1, 0.15) is 10.6 Å². The molecule has 0 bridgehead atoms. The summed E-state index contributed by atoms with van der Waals surface area (Å²) in [6.45, 7) is 3.87. The molecule has 2 aromatic rings. The lowest BCUT2D eigenvalue weighted by Crippen LogP contribution is -2.29. The van der Waals surface area contributed by atoms with Crippen LogP contribution in [0.4, 0.5) is 0 Å². The van der Waals surface area contributed by atoms with Crippen molar-refractivity contribution in [2.24, 2.45) is 0 Å². The van der Waals surface area contributed by atoms with Crippen LogP contribution < -0.4 is 9.46 Å². The highest BCUT2D eigenvalue weighted by Gasteiger charge is 2.21. The van der Waals surface area contributed by atoms with Crippen LogP contribution in [0.15, 0.2) is 52.3 Å². The van der Waals surface area contributed by atoms with Gasteiger partial charge in [-0.3, -0.25) is 0 Å². The maximum absolute atomic E-state index is 12.6. The fourth-order valence-electron chi connectivity index (χ4n) is 2.31. The van der Waals surface area contributed by atoms with Crippen LogP contribution in [0.25, 0.3) is 0 Å². The summed E-state index contributed by atoms with van der Waals surface area (Å²) in [5.41, 5.74) is 1.48. The van der Waals surface area contributed by atoms with Crippen LogP contribution in [-0.2, 0) is 10.0 Å². The number of ether oxygens (including phenoxy) is 1. The lowest BCUT2D eigenvalue weighted by molar-refractivity contribution is 0.182. The van der Waals surface area contributed by atoms with E-state index in [1.807, 2.05) is 25.3 Å². The van der Waals surface area contributed by atoms with E-state index in [-0.39, 0.29) is 11.4 Å². The predicted octanol–water partition coefficient (Wildman–Crippen LogP) is 3.13. The Balaban J connectivity index is 2.14. The molecule has 0 aromatic heterocycles. The second-order valence-corrected chi connectivity index (χ2v) is 8.14. The molecule has 0 aliphatic rings. The predicted molar refractivity (Wildman–Crippen MR) is 101 cm³/mol. The van der Waals surface area contributed by atoms with Crippen molar-refractivity contribution < 1.29 is 18.3 Å². The van der Waals surface area contributed by atoms with Gasteiger partial charge in [0.05, 0.1) is 12.7 Å². The number of benzene rings is 2. The van der Waals surface area contributed by atoms with E-state index in [1.165, 1.54) is 0 Å². The van der Waals surface area contributed by atoms with Gasteiger partial charge in [-0.25, -0.2) is 13.1 Å². The Morgan fingerprint density at radius 2 is 1.88 bits per heavy atom. The molecule has 7 heteroatoms. The number of aliphatic hydroxyl groups excluding tert-OH is 1. The van der Waals surface area contributed by atoms with Crippen molar-refractivity contribution in [3.05, 3.63) is 53.6 Å². The van der Waals surface area contributed by atoms with E-state index in [0.717, 1.165) is 10.5 Å². The number of aliphatic hydroxyl groups is 1. The first-order valence-corrected chi connectivity index (χ1v) is 10.6. The van der Waals surface area contributed by atoms with E-state index < -0.39 is 16.1 Å². The lowest BCUT2D eigenvalue weighted by atomic mass is 10.1. The van der Waals surface area contributed by atoms with Crippen LogP contribution >= 0.6 is 11.8 Å². The molecule has 0 unspecified atom stereocenters.